The van der Waals surface area contributed by atoms with Crippen molar-refractivity contribution in [3.05, 3.63) is 34.9 Å². The third kappa shape index (κ3) is 2.06. The van der Waals surface area contributed by atoms with E-state index < -0.39 is 12.1 Å². The SMILES string of the molecule is Cc1ccc(C)c(C(O)C(=O)O)c1. The first-order valence-corrected chi connectivity index (χ1v) is 4.00. The molecule has 70 valence electrons. The van der Waals surface area contributed by atoms with Crippen LogP contribution in [0.4, 0.5) is 0 Å². The van der Waals surface area contributed by atoms with Crippen molar-refractivity contribution in [2.24, 2.45) is 0 Å². The van der Waals surface area contributed by atoms with E-state index in [-0.39, 0.29) is 0 Å². The Morgan fingerprint density at radius 2 is 2.00 bits per heavy atom. The van der Waals surface area contributed by atoms with E-state index in [9.17, 15) is 9.90 Å². The monoisotopic (exact) mass is 180 g/mol. The predicted molar refractivity (Wildman–Crippen MR) is 48.5 cm³/mol. The van der Waals surface area contributed by atoms with Crippen molar-refractivity contribution in [2.75, 3.05) is 0 Å². The number of aryl methyl sites for hydroxylation is 2. The molecule has 0 amide bonds. The van der Waals surface area contributed by atoms with Gasteiger partial charge in [-0.15, -0.1) is 0 Å². The lowest BCUT2D eigenvalue weighted by Crippen LogP contribution is -2.11. The lowest BCUT2D eigenvalue weighted by Gasteiger charge is -2.09. The largest absolute Gasteiger partial charge is 0.479 e. The Bertz CT molecular complexity index is 331. The summed E-state index contributed by atoms with van der Waals surface area (Å²) in [6.45, 7) is 3.64. The highest BCUT2D eigenvalue weighted by molar-refractivity contribution is 5.74. The molecule has 0 heterocycles. The summed E-state index contributed by atoms with van der Waals surface area (Å²) >= 11 is 0. The average molecular weight is 180 g/mol. The minimum Gasteiger partial charge on any atom is -0.479 e. The molecule has 0 spiro atoms. The Morgan fingerprint density at radius 3 is 2.54 bits per heavy atom. The standard InChI is InChI=1S/C10H12O3/c1-6-3-4-7(2)8(5-6)9(11)10(12)13/h3-5,9,11H,1-2H3,(H,12,13). The van der Waals surface area contributed by atoms with Crippen LogP contribution < -0.4 is 0 Å². The number of aliphatic hydroxyl groups excluding tert-OH is 1. The predicted octanol–water partition coefficient (Wildman–Crippen LogP) is 1.42. The van der Waals surface area contributed by atoms with Crippen LogP contribution in [-0.2, 0) is 4.79 Å². The maximum atomic E-state index is 10.5. The van der Waals surface area contributed by atoms with Gasteiger partial charge in [-0.05, 0) is 25.0 Å². The van der Waals surface area contributed by atoms with Gasteiger partial charge >= 0.3 is 5.97 Å². The molecule has 1 rings (SSSR count). The summed E-state index contributed by atoms with van der Waals surface area (Å²) in [4.78, 5) is 10.5. The molecule has 0 saturated heterocycles. The number of rotatable bonds is 2. The van der Waals surface area contributed by atoms with Gasteiger partial charge in [0.15, 0.2) is 6.10 Å². The molecule has 0 radical (unpaired) electrons. The van der Waals surface area contributed by atoms with Gasteiger partial charge in [-0.25, -0.2) is 4.79 Å². The summed E-state index contributed by atoms with van der Waals surface area (Å²) in [5, 5.41) is 17.9. The highest BCUT2D eigenvalue weighted by atomic mass is 16.4. The smallest absolute Gasteiger partial charge is 0.337 e. The number of aliphatic carboxylic acids is 1. The van der Waals surface area contributed by atoms with Gasteiger partial charge in [0.2, 0.25) is 0 Å². The van der Waals surface area contributed by atoms with E-state index in [2.05, 4.69) is 0 Å². The van der Waals surface area contributed by atoms with Crippen LogP contribution >= 0.6 is 0 Å². The molecule has 1 aromatic carbocycles. The van der Waals surface area contributed by atoms with Crippen molar-refractivity contribution in [3.63, 3.8) is 0 Å². The number of hydrogen-bond acceptors (Lipinski definition) is 2. The Balaban J connectivity index is 3.12. The molecule has 0 aliphatic heterocycles. The fourth-order valence-electron chi connectivity index (χ4n) is 1.19. The maximum absolute atomic E-state index is 10.5. The van der Waals surface area contributed by atoms with Crippen LogP contribution in [0.1, 0.15) is 22.8 Å². The number of benzene rings is 1. The van der Waals surface area contributed by atoms with E-state index in [1.807, 2.05) is 13.0 Å². The highest BCUT2D eigenvalue weighted by Crippen LogP contribution is 2.18. The number of carboxylic acid groups (broad SMARTS) is 1. The first-order valence-electron chi connectivity index (χ1n) is 4.00. The van der Waals surface area contributed by atoms with Gasteiger partial charge in [0.25, 0.3) is 0 Å². The van der Waals surface area contributed by atoms with Gasteiger partial charge in [0, 0.05) is 0 Å². The van der Waals surface area contributed by atoms with Crippen LogP contribution in [0.3, 0.4) is 0 Å². The number of carboxylic acids is 1. The topological polar surface area (TPSA) is 57.5 Å². The van der Waals surface area contributed by atoms with Gasteiger partial charge in [-0.2, -0.15) is 0 Å². The lowest BCUT2D eigenvalue weighted by molar-refractivity contribution is -0.147. The van der Waals surface area contributed by atoms with Crippen molar-refractivity contribution < 1.29 is 15.0 Å². The molecule has 1 unspecified atom stereocenters. The summed E-state index contributed by atoms with van der Waals surface area (Å²) in [6.07, 6.45) is -1.42. The van der Waals surface area contributed by atoms with Crippen LogP contribution in [0.5, 0.6) is 0 Å². The second-order valence-corrected chi connectivity index (χ2v) is 3.10. The molecule has 0 aromatic heterocycles. The summed E-state index contributed by atoms with van der Waals surface area (Å²) in [7, 11) is 0. The van der Waals surface area contributed by atoms with Gasteiger partial charge in [0.1, 0.15) is 0 Å². The second-order valence-electron chi connectivity index (χ2n) is 3.10. The zero-order valence-electron chi connectivity index (χ0n) is 7.61. The first kappa shape index (κ1) is 9.74. The normalized spacial score (nSPS) is 12.5. The van der Waals surface area contributed by atoms with Crippen LogP contribution in [0.15, 0.2) is 18.2 Å². The third-order valence-electron chi connectivity index (χ3n) is 1.96. The molecular weight excluding hydrogens is 168 g/mol. The summed E-state index contributed by atoms with van der Waals surface area (Å²) < 4.78 is 0. The molecule has 2 N–H and O–H groups in total. The van der Waals surface area contributed by atoms with Crippen LogP contribution in [-0.4, -0.2) is 16.2 Å². The van der Waals surface area contributed by atoms with Crippen molar-refractivity contribution >= 4 is 5.97 Å². The summed E-state index contributed by atoms with van der Waals surface area (Å²) in [5.41, 5.74) is 2.20. The summed E-state index contributed by atoms with van der Waals surface area (Å²) in [5.74, 6) is -1.21. The number of aliphatic hydroxyl groups is 1. The van der Waals surface area contributed by atoms with Crippen LogP contribution in [0, 0.1) is 13.8 Å². The zero-order valence-corrected chi connectivity index (χ0v) is 7.61. The quantitative estimate of drug-likeness (QED) is 0.723. The maximum Gasteiger partial charge on any atom is 0.337 e. The van der Waals surface area contributed by atoms with E-state index >= 15 is 0 Å². The molecule has 0 aliphatic rings. The molecule has 0 saturated carbocycles. The molecule has 0 fully saturated rings. The second kappa shape index (κ2) is 3.58. The van der Waals surface area contributed by atoms with Crippen molar-refractivity contribution in [1.29, 1.82) is 0 Å². The van der Waals surface area contributed by atoms with Crippen LogP contribution in [0.2, 0.25) is 0 Å². The van der Waals surface area contributed by atoms with Crippen molar-refractivity contribution in [2.45, 2.75) is 20.0 Å². The number of hydrogen-bond donors (Lipinski definition) is 2. The van der Waals surface area contributed by atoms with E-state index in [1.165, 1.54) is 0 Å². The van der Waals surface area contributed by atoms with E-state index in [0.717, 1.165) is 11.1 Å². The Hall–Kier alpha value is -1.35. The third-order valence-corrected chi connectivity index (χ3v) is 1.96. The van der Waals surface area contributed by atoms with E-state index in [1.54, 1.807) is 19.1 Å². The van der Waals surface area contributed by atoms with Gasteiger partial charge in [0.05, 0.1) is 0 Å². The molecule has 3 nitrogen and oxygen atoms in total. The van der Waals surface area contributed by atoms with E-state index in [4.69, 9.17) is 5.11 Å². The molecule has 1 aromatic rings. The van der Waals surface area contributed by atoms with Gasteiger partial charge in [-0.3, -0.25) is 0 Å². The molecule has 3 heteroatoms. The molecule has 13 heavy (non-hydrogen) atoms. The highest BCUT2D eigenvalue weighted by Gasteiger charge is 2.17. The zero-order chi connectivity index (χ0) is 10.0. The average Bonchev–Trinajstić information content (AvgIpc) is 2.08. The van der Waals surface area contributed by atoms with Crippen molar-refractivity contribution in [3.8, 4) is 0 Å². The minimum atomic E-state index is -1.42. The van der Waals surface area contributed by atoms with Crippen LogP contribution in [0.25, 0.3) is 0 Å². The van der Waals surface area contributed by atoms with Crippen molar-refractivity contribution in [1.82, 2.24) is 0 Å². The minimum absolute atomic E-state index is 0.465. The Morgan fingerprint density at radius 1 is 1.38 bits per heavy atom. The molecule has 1 atom stereocenters. The summed E-state index contributed by atoms with van der Waals surface area (Å²) in [6, 6.07) is 5.37. The molecule has 0 bridgehead atoms. The fraction of sp³-hybridized carbons (Fsp3) is 0.300. The fourth-order valence-corrected chi connectivity index (χ4v) is 1.19. The lowest BCUT2D eigenvalue weighted by atomic mass is 10.0. The molecule has 0 aliphatic carbocycles. The Labute approximate surface area is 76.6 Å². The van der Waals surface area contributed by atoms with E-state index in [0.29, 0.717) is 5.56 Å². The van der Waals surface area contributed by atoms with Gasteiger partial charge in [-0.1, -0.05) is 23.8 Å². The Kier molecular flexibility index (Phi) is 2.68. The van der Waals surface area contributed by atoms with Gasteiger partial charge < -0.3 is 10.2 Å². The molecular formula is C10H12O3. The number of carbonyl (C=O) groups is 1. The first-order chi connectivity index (χ1) is 6.02.